The van der Waals surface area contributed by atoms with Crippen LogP contribution in [0.2, 0.25) is 0 Å². The smallest absolute Gasteiger partial charge is 0.293 e. The van der Waals surface area contributed by atoms with Gasteiger partial charge in [-0.15, -0.1) is 0 Å². The Morgan fingerprint density at radius 1 is 1.33 bits per heavy atom. The lowest BCUT2D eigenvalue weighted by atomic mass is 9.84. The van der Waals surface area contributed by atoms with Gasteiger partial charge >= 0.3 is 0 Å². The Balaban J connectivity index is 0.00000261. The number of benzene rings is 1. The summed E-state index contributed by atoms with van der Waals surface area (Å²) < 4.78 is 5.96. The van der Waals surface area contributed by atoms with Crippen LogP contribution in [0.3, 0.4) is 0 Å². The van der Waals surface area contributed by atoms with E-state index >= 15 is 0 Å². The molecule has 1 fully saturated rings. The van der Waals surface area contributed by atoms with Gasteiger partial charge < -0.3 is 15.2 Å². The molecule has 2 N–H and O–H groups in total. The average Bonchev–Trinajstić information content (AvgIpc) is 2.55. The minimum absolute atomic E-state index is 0. The van der Waals surface area contributed by atoms with Crippen LogP contribution in [0, 0.1) is 10.1 Å². The summed E-state index contributed by atoms with van der Waals surface area (Å²) in [6.07, 6.45) is 2.39. The Morgan fingerprint density at radius 2 is 1.96 bits per heavy atom. The van der Waals surface area contributed by atoms with Crippen molar-refractivity contribution in [1.82, 2.24) is 4.90 Å². The molecule has 3 rings (SSSR count). The monoisotopic (exact) mass is 379 g/mol. The number of aliphatic hydroxyl groups excluding tert-OH is 1. The van der Waals surface area contributed by atoms with Crippen molar-refractivity contribution >= 4 is 17.3 Å². The summed E-state index contributed by atoms with van der Waals surface area (Å²) in [6, 6.07) is 2.55. The highest BCUT2D eigenvalue weighted by Gasteiger charge is 2.46. The molecule has 2 atom stereocenters. The maximum absolute atomic E-state index is 11.5. The van der Waals surface area contributed by atoms with Crippen LogP contribution in [0.4, 0.5) is 11.4 Å². The summed E-state index contributed by atoms with van der Waals surface area (Å²) in [5.41, 5.74) is -0.347. The van der Waals surface area contributed by atoms with Crippen LogP contribution in [-0.4, -0.2) is 45.6 Å². The molecule has 0 aromatic heterocycles. The van der Waals surface area contributed by atoms with E-state index in [1.165, 1.54) is 19.1 Å². The normalized spacial score (nSPS) is 24.1. The second kappa shape index (κ2) is 7.82. The first-order valence-corrected chi connectivity index (χ1v) is 8.92. The van der Waals surface area contributed by atoms with E-state index in [9.17, 15) is 20.0 Å². The number of nitro groups is 1. The van der Waals surface area contributed by atoms with Gasteiger partial charge in [-0.25, -0.2) is 0 Å². The number of rotatable bonds is 3. The highest BCUT2D eigenvalue weighted by atomic mass is 16.6. The Kier molecular flexibility index (Phi) is 6.11. The second-order valence-electron chi connectivity index (χ2n) is 7.54. The van der Waals surface area contributed by atoms with E-state index in [4.69, 9.17) is 4.74 Å². The standard InChI is InChI=1S/C18H25N3O5.CH4/c1-11(22)19-13-10-15-12(9-14(13)21(24)25)16(17(23)18(2,3)26-15)20-7-5-4-6-8-20;/h9-10,16-17,23H,4-8H2,1-3H3,(H,19,22);1H4/t16-,17+;/m1./s1. The first-order valence-electron chi connectivity index (χ1n) is 8.92. The summed E-state index contributed by atoms with van der Waals surface area (Å²) in [7, 11) is 0. The molecule has 8 heteroatoms. The molecule has 2 aliphatic rings. The van der Waals surface area contributed by atoms with E-state index in [0.717, 1.165) is 32.4 Å². The van der Waals surface area contributed by atoms with Gasteiger partial charge in [-0.05, 0) is 39.8 Å². The lowest BCUT2D eigenvalue weighted by Gasteiger charge is -2.47. The lowest BCUT2D eigenvalue weighted by Crippen LogP contribution is -2.54. The van der Waals surface area contributed by atoms with Gasteiger partial charge in [-0.3, -0.25) is 19.8 Å². The van der Waals surface area contributed by atoms with Crippen molar-refractivity contribution in [1.29, 1.82) is 0 Å². The summed E-state index contributed by atoms with van der Waals surface area (Å²) >= 11 is 0. The Bertz CT molecular complexity index is 728. The maximum Gasteiger partial charge on any atom is 0.293 e. The fraction of sp³-hybridized carbons (Fsp3) is 0.632. The zero-order valence-electron chi connectivity index (χ0n) is 15.3. The van der Waals surface area contributed by atoms with Crippen LogP contribution >= 0.6 is 0 Å². The Hall–Kier alpha value is -2.19. The van der Waals surface area contributed by atoms with Crippen molar-refractivity contribution in [2.75, 3.05) is 18.4 Å². The summed E-state index contributed by atoms with van der Waals surface area (Å²) in [4.78, 5) is 24.6. The number of hydrogen-bond donors (Lipinski definition) is 2. The molecule has 0 unspecified atom stereocenters. The molecule has 1 aromatic rings. The molecule has 1 saturated heterocycles. The zero-order chi connectivity index (χ0) is 19.1. The average molecular weight is 379 g/mol. The Morgan fingerprint density at radius 3 is 2.52 bits per heavy atom. The number of nitro benzene ring substituents is 1. The zero-order valence-corrected chi connectivity index (χ0v) is 15.3. The van der Waals surface area contributed by atoms with Crippen molar-refractivity contribution in [3.05, 3.63) is 27.8 Å². The molecule has 0 radical (unpaired) electrons. The third-order valence-electron chi connectivity index (χ3n) is 5.12. The highest BCUT2D eigenvalue weighted by Crippen LogP contribution is 2.47. The molecule has 150 valence electrons. The SMILES string of the molecule is C.CC(=O)Nc1cc2c(cc1[N+](=O)[O-])[C@@H](N1CCCCC1)[C@H](O)C(C)(C)O2. The van der Waals surface area contributed by atoms with E-state index in [0.29, 0.717) is 11.3 Å². The maximum atomic E-state index is 11.5. The molecule has 0 aliphatic carbocycles. The van der Waals surface area contributed by atoms with Gasteiger partial charge in [0.1, 0.15) is 23.1 Å². The number of piperidine rings is 1. The third-order valence-corrected chi connectivity index (χ3v) is 5.12. The van der Waals surface area contributed by atoms with Crippen LogP contribution in [0.5, 0.6) is 5.75 Å². The van der Waals surface area contributed by atoms with Gasteiger partial charge in [-0.2, -0.15) is 0 Å². The predicted octanol–water partition coefficient (Wildman–Crippen LogP) is 3.25. The minimum Gasteiger partial charge on any atom is -0.485 e. The Labute approximate surface area is 159 Å². The van der Waals surface area contributed by atoms with Crippen molar-refractivity contribution in [2.45, 2.75) is 65.2 Å². The number of likely N-dealkylation sites (tertiary alicyclic amines) is 1. The fourth-order valence-corrected chi connectivity index (χ4v) is 3.83. The van der Waals surface area contributed by atoms with Crippen LogP contribution in [0.1, 0.15) is 59.1 Å². The molecule has 8 nitrogen and oxygen atoms in total. The fourth-order valence-electron chi connectivity index (χ4n) is 3.83. The molecule has 2 heterocycles. The largest absolute Gasteiger partial charge is 0.485 e. The number of aliphatic hydroxyl groups is 1. The summed E-state index contributed by atoms with van der Waals surface area (Å²) in [6.45, 7) is 6.57. The molecule has 27 heavy (non-hydrogen) atoms. The van der Waals surface area contributed by atoms with E-state index < -0.39 is 22.5 Å². The van der Waals surface area contributed by atoms with Crippen molar-refractivity contribution in [3.8, 4) is 5.75 Å². The second-order valence-corrected chi connectivity index (χ2v) is 7.54. The van der Waals surface area contributed by atoms with Crippen LogP contribution in [0.25, 0.3) is 0 Å². The highest BCUT2D eigenvalue weighted by molar-refractivity contribution is 5.92. The van der Waals surface area contributed by atoms with E-state index in [1.54, 1.807) is 13.8 Å². The number of nitrogens with one attached hydrogen (secondary N) is 1. The molecule has 0 spiro atoms. The van der Waals surface area contributed by atoms with Crippen LogP contribution < -0.4 is 10.1 Å². The molecule has 0 bridgehead atoms. The van der Waals surface area contributed by atoms with Crippen LogP contribution in [0.15, 0.2) is 12.1 Å². The predicted molar refractivity (Wildman–Crippen MR) is 103 cm³/mol. The quantitative estimate of drug-likeness (QED) is 0.617. The number of carbonyl (C=O) groups excluding carboxylic acids is 1. The van der Waals surface area contributed by atoms with Gasteiger partial charge in [0.05, 0.1) is 11.0 Å². The number of carbonyl (C=O) groups is 1. The van der Waals surface area contributed by atoms with Gasteiger partial charge in [0.2, 0.25) is 5.91 Å². The van der Waals surface area contributed by atoms with Gasteiger partial charge in [-0.1, -0.05) is 13.8 Å². The van der Waals surface area contributed by atoms with E-state index in [-0.39, 0.29) is 24.8 Å². The number of amides is 1. The van der Waals surface area contributed by atoms with Gasteiger partial charge in [0, 0.05) is 24.6 Å². The molecular formula is C19H29N3O5. The molecule has 1 amide bonds. The number of hydrogen-bond acceptors (Lipinski definition) is 6. The number of anilines is 1. The molecule has 0 saturated carbocycles. The van der Waals surface area contributed by atoms with Gasteiger partial charge in [0.25, 0.3) is 5.69 Å². The van der Waals surface area contributed by atoms with Crippen molar-refractivity contribution in [2.24, 2.45) is 0 Å². The minimum atomic E-state index is -0.848. The molecular weight excluding hydrogens is 350 g/mol. The number of fused-ring (bicyclic) bond motifs is 1. The van der Waals surface area contributed by atoms with Crippen molar-refractivity contribution in [3.63, 3.8) is 0 Å². The number of nitrogens with zero attached hydrogens (tertiary/aromatic N) is 2. The first-order chi connectivity index (χ1) is 12.2. The summed E-state index contributed by atoms with van der Waals surface area (Å²) in [5.74, 6) is 0.0703. The molecule has 2 aliphatic heterocycles. The van der Waals surface area contributed by atoms with E-state index in [2.05, 4.69) is 10.2 Å². The van der Waals surface area contributed by atoms with Crippen LogP contribution in [-0.2, 0) is 4.79 Å². The molecule has 1 aromatic carbocycles. The summed E-state index contributed by atoms with van der Waals surface area (Å²) in [5, 5.41) is 25.0. The van der Waals surface area contributed by atoms with Crippen molar-refractivity contribution < 1.29 is 19.6 Å². The third kappa shape index (κ3) is 4.06. The van der Waals surface area contributed by atoms with Gasteiger partial charge in [0.15, 0.2) is 0 Å². The lowest BCUT2D eigenvalue weighted by molar-refractivity contribution is -0.384. The first kappa shape index (κ1) is 21.1. The van der Waals surface area contributed by atoms with E-state index in [1.807, 2.05) is 0 Å². The topological polar surface area (TPSA) is 105 Å². The number of ether oxygens (including phenoxy) is 1.